The lowest BCUT2D eigenvalue weighted by atomic mass is 10.0. The van der Waals surface area contributed by atoms with E-state index in [9.17, 15) is 12.8 Å². The van der Waals surface area contributed by atoms with Crippen molar-refractivity contribution < 1.29 is 27.0 Å². The number of hydrogen-bond acceptors (Lipinski definition) is 10. The van der Waals surface area contributed by atoms with Gasteiger partial charge in [-0.05, 0) is 25.1 Å². The van der Waals surface area contributed by atoms with Gasteiger partial charge in [0.2, 0.25) is 15.9 Å². The van der Waals surface area contributed by atoms with Crippen molar-refractivity contribution in [1.82, 2.24) is 29.7 Å². The Hall–Kier alpha value is -4.17. The summed E-state index contributed by atoms with van der Waals surface area (Å²) in [5.41, 5.74) is 0.717. The van der Waals surface area contributed by atoms with Gasteiger partial charge in [-0.25, -0.2) is 32.9 Å². The van der Waals surface area contributed by atoms with Gasteiger partial charge in [0, 0.05) is 6.07 Å². The van der Waals surface area contributed by atoms with Gasteiger partial charge in [0.15, 0.2) is 11.6 Å². The molecule has 0 aliphatic rings. The smallest absolute Gasteiger partial charge is 0.213 e. The number of nitrogens with zero attached hydrogens (tertiary/aromatic N) is 6. The lowest BCUT2D eigenvalue weighted by molar-refractivity contribution is 0.390. The minimum atomic E-state index is -4.16. The summed E-state index contributed by atoms with van der Waals surface area (Å²) in [6.07, 6.45) is 1.86. The number of ether oxygens (including phenoxy) is 3. The zero-order valence-electron chi connectivity index (χ0n) is 20.4. The van der Waals surface area contributed by atoms with Crippen molar-refractivity contribution in [2.45, 2.75) is 18.1 Å². The minimum Gasteiger partial charge on any atom is -0.494 e. The van der Waals surface area contributed by atoms with Crippen LogP contribution in [0.2, 0.25) is 0 Å². The van der Waals surface area contributed by atoms with Gasteiger partial charge in [0.05, 0.1) is 44.9 Å². The average Bonchev–Trinajstić information content (AvgIpc) is 3.32. The summed E-state index contributed by atoms with van der Waals surface area (Å²) in [5.74, 6) is -0.552. The van der Waals surface area contributed by atoms with Crippen molar-refractivity contribution in [2.24, 2.45) is 5.14 Å². The number of rotatable bonds is 9. The summed E-state index contributed by atoms with van der Waals surface area (Å²) in [7, 11) is 0.259. The summed E-state index contributed by atoms with van der Waals surface area (Å²) in [6.45, 7) is 1.38. The average molecular weight is 530 g/mol. The highest BCUT2D eigenvalue weighted by atomic mass is 32.2. The van der Waals surface area contributed by atoms with E-state index in [0.717, 1.165) is 12.4 Å². The summed E-state index contributed by atoms with van der Waals surface area (Å²) < 4.78 is 56.8. The maximum atomic E-state index is 13.7. The van der Waals surface area contributed by atoms with E-state index < -0.39 is 27.0 Å². The summed E-state index contributed by atoms with van der Waals surface area (Å²) in [5, 5.41) is 12.9. The van der Waals surface area contributed by atoms with Crippen LogP contribution in [-0.4, -0.2) is 64.7 Å². The van der Waals surface area contributed by atoms with Crippen LogP contribution < -0.4 is 19.3 Å². The standard InChI is InChI=1S/C23H24FN7O5S/c1-13(37(25,32)33)19(21-26-11-14(24)12-27-21)23-30-29-22(15-7-5-10-18(28-15)36-4)31(23)20-16(34-2)8-6-9-17(20)35-3/h5-13,19H,1-4H3,(H2,25,32,33). The fourth-order valence-electron chi connectivity index (χ4n) is 3.80. The fraction of sp³-hybridized carbons (Fsp3) is 0.261. The Balaban J connectivity index is 2.10. The van der Waals surface area contributed by atoms with Crippen molar-refractivity contribution >= 4 is 10.0 Å². The summed E-state index contributed by atoms with van der Waals surface area (Å²) in [6, 6.07) is 10.2. The van der Waals surface area contributed by atoms with E-state index in [0.29, 0.717) is 28.8 Å². The number of halogens is 1. The minimum absolute atomic E-state index is 0.0319. The van der Waals surface area contributed by atoms with Gasteiger partial charge in [-0.2, -0.15) is 0 Å². The van der Waals surface area contributed by atoms with E-state index in [1.54, 1.807) is 41.0 Å². The lowest BCUT2D eigenvalue weighted by Gasteiger charge is -2.23. The van der Waals surface area contributed by atoms with Gasteiger partial charge in [-0.1, -0.05) is 12.1 Å². The molecule has 0 spiro atoms. The molecule has 0 fully saturated rings. The zero-order valence-corrected chi connectivity index (χ0v) is 21.2. The van der Waals surface area contributed by atoms with Gasteiger partial charge < -0.3 is 14.2 Å². The third-order valence-electron chi connectivity index (χ3n) is 5.66. The first-order chi connectivity index (χ1) is 17.7. The number of methoxy groups -OCH3 is 3. The normalized spacial score (nSPS) is 13.1. The molecule has 0 amide bonds. The molecule has 3 aromatic heterocycles. The maximum absolute atomic E-state index is 13.7. The highest BCUT2D eigenvalue weighted by molar-refractivity contribution is 7.89. The van der Waals surface area contributed by atoms with Crippen molar-refractivity contribution in [3.63, 3.8) is 0 Å². The van der Waals surface area contributed by atoms with Crippen LogP contribution in [0.1, 0.15) is 24.5 Å². The second-order valence-corrected chi connectivity index (χ2v) is 9.75. The molecule has 194 valence electrons. The third-order valence-corrected chi connectivity index (χ3v) is 6.97. The molecule has 0 saturated heterocycles. The van der Waals surface area contributed by atoms with Crippen LogP contribution in [0, 0.1) is 5.82 Å². The van der Waals surface area contributed by atoms with Crippen molar-refractivity contribution in [3.05, 3.63) is 66.3 Å². The largest absolute Gasteiger partial charge is 0.494 e. The first kappa shape index (κ1) is 25.9. The molecule has 4 aromatic rings. The van der Waals surface area contributed by atoms with Crippen LogP contribution >= 0.6 is 0 Å². The Morgan fingerprint density at radius 2 is 1.57 bits per heavy atom. The van der Waals surface area contributed by atoms with Gasteiger partial charge in [0.25, 0.3) is 0 Å². The number of pyridine rings is 1. The summed E-state index contributed by atoms with van der Waals surface area (Å²) >= 11 is 0. The van der Waals surface area contributed by atoms with Gasteiger partial charge in [0.1, 0.15) is 34.5 Å². The Kier molecular flexibility index (Phi) is 7.31. The topological polar surface area (TPSA) is 157 Å². The molecule has 0 aliphatic carbocycles. The van der Waals surface area contributed by atoms with E-state index >= 15 is 0 Å². The van der Waals surface area contributed by atoms with Gasteiger partial charge >= 0.3 is 0 Å². The molecule has 2 unspecified atom stereocenters. The molecule has 4 rings (SSSR count). The number of primary sulfonamides is 1. The molecular weight excluding hydrogens is 505 g/mol. The molecular formula is C23H24FN7O5S. The third kappa shape index (κ3) is 5.06. The van der Waals surface area contributed by atoms with E-state index in [-0.39, 0.29) is 17.5 Å². The highest BCUT2D eigenvalue weighted by Gasteiger charge is 2.38. The molecule has 0 saturated carbocycles. The lowest BCUT2D eigenvalue weighted by Crippen LogP contribution is -2.34. The molecule has 0 bridgehead atoms. The maximum Gasteiger partial charge on any atom is 0.213 e. The highest BCUT2D eigenvalue weighted by Crippen LogP contribution is 2.39. The van der Waals surface area contributed by atoms with Crippen LogP contribution in [0.3, 0.4) is 0 Å². The predicted octanol–water partition coefficient (Wildman–Crippen LogP) is 2.09. The molecule has 37 heavy (non-hydrogen) atoms. The van der Waals surface area contributed by atoms with E-state index in [1.165, 1.54) is 28.3 Å². The molecule has 2 atom stereocenters. The monoisotopic (exact) mass is 529 g/mol. The molecule has 1 aromatic carbocycles. The zero-order chi connectivity index (χ0) is 26.7. The second-order valence-electron chi connectivity index (χ2n) is 7.82. The van der Waals surface area contributed by atoms with Crippen LogP contribution in [0.5, 0.6) is 17.4 Å². The van der Waals surface area contributed by atoms with Crippen LogP contribution in [0.15, 0.2) is 48.8 Å². The Labute approximate surface area is 212 Å². The summed E-state index contributed by atoms with van der Waals surface area (Å²) in [4.78, 5) is 12.5. The van der Waals surface area contributed by atoms with Gasteiger partial charge in [-0.15, -0.1) is 10.2 Å². The Morgan fingerprint density at radius 1 is 0.946 bits per heavy atom. The number of nitrogens with two attached hydrogens (primary N) is 1. The molecule has 3 heterocycles. The SMILES string of the molecule is COc1cccc(-c2nnc(C(c3ncc(F)cn3)C(C)S(N)(=O)=O)n2-c2c(OC)cccc2OC)n1. The van der Waals surface area contributed by atoms with Crippen molar-refractivity contribution in [2.75, 3.05) is 21.3 Å². The first-order valence-electron chi connectivity index (χ1n) is 10.9. The quantitative estimate of drug-likeness (QED) is 0.340. The molecule has 14 heteroatoms. The Bertz CT molecular complexity index is 1490. The van der Waals surface area contributed by atoms with Crippen molar-refractivity contribution in [1.29, 1.82) is 0 Å². The predicted molar refractivity (Wildman–Crippen MR) is 131 cm³/mol. The molecule has 12 nitrogen and oxygen atoms in total. The number of hydrogen-bond donors (Lipinski definition) is 1. The molecule has 0 aliphatic heterocycles. The van der Waals surface area contributed by atoms with E-state index in [1.807, 2.05) is 0 Å². The number of para-hydroxylation sites is 1. The van der Waals surface area contributed by atoms with Crippen molar-refractivity contribution in [3.8, 4) is 34.6 Å². The second kappa shape index (κ2) is 10.4. The Morgan fingerprint density at radius 3 is 2.14 bits per heavy atom. The molecule has 2 N–H and O–H groups in total. The van der Waals surface area contributed by atoms with E-state index in [2.05, 4.69) is 25.1 Å². The fourth-order valence-corrected chi connectivity index (χ4v) is 4.42. The number of benzene rings is 1. The van der Waals surface area contributed by atoms with Crippen LogP contribution in [-0.2, 0) is 10.0 Å². The van der Waals surface area contributed by atoms with Crippen LogP contribution in [0.4, 0.5) is 4.39 Å². The van der Waals surface area contributed by atoms with Crippen LogP contribution in [0.25, 0.3) is 17.2 Å². The molecule has 0 radical (unpaired) electrons. The van der Waals surface area contributed by atoms with E-state index in [4.69, 9.17) is 19.3 Å². The number of aromatic nitrogens is 6. The van der Waals surface area contributed by atoms with Gasteiger partial charge in [-0.3, -0.25) is 4.57 Å². The first-order valence-corrected chi connectivity index (χ1v) is 12.5. The number of sulfonamides is 1.